The van der Waals surface area contributed by atoms with Crippen LogP contribution in [0.1, 0.15) is 30.2 Å². The van der Waals surface area contributed by atoms with Gasteiger partial charge >= 0.3 is 6.03 Å². The van der Waals surface area contributed by atoms with E-state index in [9.17, 15) is 4.79 Å². The molecule has 30 heavy (non-hydrogen) atoms. The fourth-order valence-electron chi connectivity index (χ4n) is 3.58. The number of furan rings is 1. The van der Waals surface area contributed by atoms with Crippen molar-refractivity contribution in [2.75, 3.05) is 25.0 Å². The number of hydrogen-bond donors (Lipinski definition) is 2. The van der Waals surface area contributed by atoms with Crippen LogP contribution in [0.5, 0.6) is 0 Å². The number of aromatic nitrogens is 2. The zero-order valence-corrected chi connectivity index (χ0v) is 17.7. The Labute approximate surface area is 180 Å². The van der Waals surface area contributed by atoms with E-state index in [0.29, 0.717) is 11.7 Å². The van der Waals surface area contributed by atoms with Crippen LogP contribution in [-0.4, -0.2) is 40.5 Å². The minimum absolute atomic E-state index is 0.0546. The monoisotopic (exact) mass is 423 g/mol. The molecule has 2 N–H and O–H groups in total. The molecule has 7 nitrogen and oxygen atoms in total. The average molecular weight is 424 g/mol. The van der Waals surface area contributed by atoms with E-state index in [2.05, 4.69) is 25.5 Å². The molecule has 0 bridgehead atoms. The molecule has 0 spiro atoms. The molecule has 156 valence electrons. The topological polar surface area (TPSA) is 83.3 Å². The summed E-state index contributed by atoms with van der Waals surface area (Å²) in [7, 11) is 0. The molecule has 1 aliphatic heterocycles. The minimum atomic E-state index is -0.222. The summed E-state index contributed by atoms with van der Waals surface area (Å²) in [5.41, 5.74) is 1.76. The Balaban J connectivity index is 1.35. The molecule has 1 unspecified atom stereocenters. The molecule has 0 saturated carbocycles. The predicted molar refractivity (Wildman–Crippen MR) is 117 cm³/mol. The largest absolute Gasteiger partial charge is 0.468 e. The molecule has 1 aromatic carbocycles. The second kappa shape index (κ2) is 9.77. The zero-order chi connectivity index (χ0) is 20.8. The molecule has 0 radical (unpaired) electrons. The van der Waals surface area contributed by atoms with Crippen molar-refractivity contribution in [1.29, 1.82) is 0 Å². The summed E-state index contributed by atoms with van der Waals surface area (Å²) >= 11 is 1.49. The maximum absolute atomic E-state index is 12.5. The lowest BCUT2D eigenvalue weighted by Crippen LogP contribution is -2.38. The van der Waals surface area contributed by atoms with E-state index in [4.69, 9.17) is 4.42 Å². The van der Waals surface area contributed by atoms with Gasteiger partial charge in [0, 0.05) is 29.5 Å². The molecular formula is C22H25N5O2S. The number of benzene rings is 1. The van der Waals surface area contributed by atoms with Gasteiger partial charge in [0.15, 0.2) is 5.16 Å². The van der Waals surface area contributed by atoms with Crippen molar-refractivity contribution < 1.29 is 9.21 Å². The van der Waals surface area contributed by atoms with E-state index < -0.39 is 0 Å². The first-order valence-electron chi connectivity index (χ1n) is 10.1. The van der Waals surface area contributed by atoms with Gasteiger partial charge in [-0.05, 0) is 86.6 Å². The van der Waals surface area contributed by atoms with Gasteiger partial charge in [-0.2, -0.15) is 0 Å². The van der Waals surface area contributed by atoms with Crippen LogP contribution in [0.3, 0.4) is 0 Å². The van der Waals surface area contributed by atoms with E-state index >= 15 is 0 Å². The van der Waals surface area contributed by atoms with Crippen molar-refractivity contribution >= 4 is 23.5 Å². The number of anilines is 1. The van der Waals surface area contributed by atoms with Gasteiger partial charge in [0.05, 0.1) is 12.3 Å². The van der Waals surface area contributed by atoms with Crippen LogP contribution >= 0.6 is 11.8 Å². The molecule has 1 atom stereocenters. The van der Waals surface area contributed by atoms with E-state index in [-0.39, 0.29) is 12.1 Å². The SMILES string of the molecule is Cc1cc(Sc2ncccn2)ccc1NC(=O)NCC(c1ccco1)N1CCCC1. The van der Waals surface area contributed by atoms with Crippen LogP contribution in [0.2, 0.25) is 0 Å². The summed E-state index contributed by atoms with van der Waals surface area (Å²) in [5, 5.41) is 6.65. The Morgan fingerprint density at radius 1 is 1.20 bits per heavy atom. The van der Waals surface area contributed by atoms with E-state index in [1.54, 1.807) is 24.7 Å². The van der Waals surface area contributed by atoms with Gasteiger partial charge in [-0.1, -0.05) is 0 Å². The normalized spacial score (nSPS) is 15.1. The summed E-state index contributed by atoms with van der Waals surface area (Å²) in [4.78, 5) is 24.4. The first kappa shape index (κ1) is 20.4. The standard InChI is InChI=1S/C22H25N5O2S/c1-16-14-17(30-22-23-9-5-10-24-22)7-8-18(16)26-21(28)25-15-19(20-6-4-13-29-20)27-11-2-3-12-27/h4-10,13-14,19H,2-3,11-12,15H2,1H3,(H2,25,26,28). The van der Waals surface area contributed by atoms with Gasteiger partial charge in [0.1, 0.15) is 5.76 Å². The fraction of sp³-hybridized carbons (Fsp3) is 0.318. The highest BCUT2D eigenvalue weighted by Gasteiger charge is 2.26. The summed E-state index contributed by atoms with van der Waals surface area (Å²) in [5.74, 6) is 0.887. The third-order valence-corrected chi connectivity index (χ3v) is 5.99. The average Bonchev–Trinajstić information content (AvgIpc) is 3.46. The molecule has 8 heteroatoms. The van der Waals surface area contributed by atoms with Gasteiger partial charge in [-0.25, -0.2) is 14.8 Å². The van der Waals surface area contributed by atoms with Gasteiger partial charge in [0.2, 0.25) is 0 Å². The lowest BCUT2D eigenvalue weighted by atomic mass is 10.2. The summed E-state index contributed by atoms with van der Waals surface area (Å²) < 4.78 is 5.61. The van der Waals surface area contributed by atoms with Gasteiger partial charge in [-0.3, -0.25) is 4.90 Å². The molecule has 2 aromatic heterocycles. The Morgan fingerprint density at radius 2 is 2.00 bits per heavy atom. The maximum Gasteiger partial charge on any atom is 0.319 e. The quantitative estimate of drug-likeness (QED) is 0.545. The fourth-order valence-corrected chi connectivity index (χ4v) is 4.39. The van der Waals surface area contributed by atoms with E-state index in [1.807, 2.05) is 37.3 Å². The number of amides is 2. The predicted octanol–water partition coefficient (Wildman–Crippen LogP) is 4.49. The number of nitrogens with zero attached hydrogens (tertiary/aromatic N) is 3. The molecule has 2 amide bonds. The third kappa shape index (κ3) is 5.20. The first-order valence-corrected chi connectivity index (χ1v) is 10.9. The van der Waals surface area contributed by atoms with Crippen molar-refractivity contribution in [3.05, 3.63) is 66.4 Å². The van der Waals surface area contributed by atoms with Crippen molar-refractivity contribution in [2.24, 2.45) is 0 Å². The number of aryl methyl sites for hydroxylation is 1. The Kier molecular flexibility index (Phi) is 6.66. The van der Waals surface area contributed by atoms with E-state index in [1.165, 1.54) is 24.6 Å². The van der Waals surface area contributed by atoms with Crippen molar-refractivity contribution in [3.8, 4) is 0 Å². The summed E-state index contributed by atoms with van der Waals surface area (Å²) in [6.45, 7) is 4.52. The van der Waals surface area contributed by atoms with Crippen molar-refractivity contribution in [3.63, 3.8) is 0 Å². The Morgan fingerprint density at radius 3 is 2.70 bits per heavy atom. The zero-order valence-electron chi connectivity index (χ0n) is 16.9. The smallest absolute Gasteiger partial charge is 0.319 e. The van der Waals surface area contributed by atoms with Crippen LogP contribution in [0.15, 0.2) is 69.5 Å². The molecular weight excluding hydrogens is 398 g/mol. The second-order valence-corrected chi connectivity index (χ2v) is 8.26. The van der Waals surface area contributed by atoms with Crippen LogP contribution in [0, 0.1) is 6.92 Å². The highest BCUT2D eigenvalue weighted by atomic mass is 32.2. The molecule has 1 aliphatic rings. The number of hydrogen-bond acceptors (Lipinski definition) is 6. The number of carbonyl (C=O) groups is 1. The minimum Gasteiger partial charge on any atom is -0.468 e. The Hall–Kier alpha value is -2.84. The van der Waals surface area contributed by atoms with Gasteiger partial charge < -0.3 is 15.1 Å². The van der Waals surface area contributed by atoms with Gasteiger partial charge in [0.25, 0.3) is 0 Å². The highest BCUT2D eigenvalue weighted by molar-refractivity contribution is 7.99. The summed E-state index contributed by atoms with van der Waals surface area (Å²) in [6, 6.07) is 11.4. The van der Waals surface area contributed by atoms with Gasteiger partial charge in [-0.15, -0.1) is 0 Å². The van der Waals surface area contributed by atoms with Crippen molar-refractivity contribution in [2.45, 2.75) is 35.9 Å². The first-order chi connectivity index (χ1) is 14.7. The molecule has 3 heterocycles. The van der Waals surface area contributed by atoms with Crippen LogP contribution in [0.4, 0.5) is 10.5 Å². The van der Waals surface area contributed by atoms with Crippen LogP contribution in [0.25, 0.3) is 0 Å². The van der Waals surface area contributed by atoms with Crippen molar-refractivity contribution in [1.82, 2.24) is 20.2 Å². The lowest BCUT2D eigenvalue weighted by molar-refractivity contribution is 0.207. The highest BCUT2D eigenvalue weighted by Crippen LogP contribution is 2.28. The molecule has 0 aliphatic carbocycles. The molecule has 1 fully saturated rings. The number of urea groups is 1. The Bertz CT molecular complexity index is 959. The molecule has 4 rings (SSSR count). The molecule has 3 aromatic rings. The number of carbonyl (C=O) groups excluding carboxylic acids is 1. The second-order valence-electron chi connectivity index (χ2n) is 7.22. The maximum atomic E-state index is 12.5. The van der Waals surface area contributed by atoms with Crippen LogP contribution in [-0.2, 0) is 0 Å². The number of rotatable bonds is 7. The number of likely N-dealkylation sites (tertiary alicyclic amines) is 1. The molecule has 1 saturated heterocycles. The lowest BCUT2D eigenvalue weighted by Gasteiger charge is -2.26. The van der Waals surface area contributed by atoms with E-state index in [0.717, 1.165) is 35.0 Å². The van der Waals surface area contributed by atoms with Crippen LogP contribution < -0.4 is 10.6 Å². The summed E-state index contributed by atoms with van der Waals surface area (Å²) in [6.07, 6.45) is 7.49. The number of nitrogens with one attached hydrogen (secondary N) is 2. The third-order valence-electron chi connectivity index (χ3n) is 5.11.